The van der Waals surface area contributed by atoms with Gasteiger partial charge in [-0.15, -0.1) is 11.3 Å². The first-order valence-corrected chi connectivity index (χ1v) is 10.0. The van der Waals surface area contributed by atoms with E-state index in [0.717, 1.165) is 20.2 Å². The largest absolute Gasteiger partial charge is 0.392 e. The first-order chi connectivity index (χ1) is 9.52. The molecule has 1 N–H and O–H groups in total. The third kappa shape index (κ3) is 2.58. The van der Waals surface area contributed by atoms with Gasteiger partial charge in [-0.25, -0.2) is 0 Å². The molecule has 1 aromatic carbocycles. The lowest BCUT2D eigenvalue weighted by atomic mass is 10.2. The average molecular weight is 325 g/mol. The van der Waals surface area contributed by atoms with Crippen LogP contribution in [0.15, 0.2) is 24.3 Å². The molecular weight excluding hydrogens is 299 g/mol. The standard InChI is InChI=1S/C17H25FOSSi/c1-16(2,3)21(18,17(4,5)6)14-10-12-8-7-9-13(11-19)15(12)20-14/h7-10,19H,11H2,1-6H3. The van der Waals surface area contributed by atoms with Crippen LogP contribution < -0.4 is 4.50 Å². The number of fused-ring (bicyclic) bond motifs is 1. The molecular formula is C17H25FOSSi. The van der Waals surface area contributed by atoms with Crippen molar-refractivity contribution in [3.05, 3.63) is 29.8 Å². The molecule has 0 saturated heterocycles. The van der Waals surface area contributed by atoms with Crippen LogP contribution in [0.2, 0.25) is 10.1 Å². The smallest absolute Gasteiger partial charge is 0.297 e. The highest BCUT2D eigenvalue weighted by atomic mass is 32.1. The molecule has 1 nitrogen and oxygen atoms in total. The highest BCUT2D eigenvalue weighted by molar-refractivity contribution is 7.31. The lowest BCUT2D eigenvalue weighted by Gasteiger charge is -2.43. The fraction of sp³-hybridized carbons (Fsp3) is 0.529. The van der Waals surface area contributed by atoms with E-state index in [-0.39, 0.29) is 16.7 Å². The van der Waals surface area contributed by atoms with Crippen molar-refractivity contribution >= 4 is 34.3 Å². The summed E-state index contributed by atoms with van der Waals surface area (Å²) in [7, 11) is -3.21. The van der Waals surface area contributed by atoms with Crippen molar-refractivity contribution in [2.24, 2.45) is 0 Å². The molecule has 0 aliphatic heterocycles. The van der Waals surface area contributed by atoms with Crippen molar-refractivity contribution < 1.29 is 9.21 Å². The van der Waals surface area contributed by atoms with Crippen LogP contribution in [0.5, 0.6) is 0 Å². The van der Waals surface area contributed by atoms with E-state index in [4.69, 9.17) is 0 Å². The molecule has 0 bridgehead atoms. The van der Waals surface area contributed by atoms with E-state index < -0.39 is 8.41 Å². The van der Waals surface area contributed by atoms with Crippen LogP contribution in [0.1, 0.15) is 47.1 Å². The number of thiophene rings is 1. The van der Waals surface area contributed by atoms with Gasteiger partial charge in [0, 0.05) is 9.20 Å². The summed E-state index contributed by atoms with van der Waals surface area (Å²) in [5.41, 5.74) is 0.892. The van der Waals surface area contributed by atoms with Crippen LogP contribution in [-0.4, -0.2) is 13.5 Å². The Morgan fingerprint density at radius 3 is 2.14 bits per heavy atom. The minimum absolute atomic E-state index is 0.00315. The van der Waals surface area contributed by atoms with Crippen LogP contribution in [0.4, 0.5) is 4.11 Å². The number of halogens is 1. The van der Waals surface area contributed by atoms with Gasteiger partial charge in [0.25, 0.3) is 8.41 Å². The maximum Gasteiger partial charge on any atom is 0.297 e. The molecule has 0 atom stereocenters. The summed E-state index contributed by atoms with van der Waals surface area (Å²) in [5.74, 6) is 0. The van der Waals surface area contributed by atoms with Crippen LogP contribution >= 0.6 is 11.3 Å². The van der Waals surface area contributed by atoms with E-state index in [1.54, 1.807) is 0 Å². The number of aliphatic hydroxyl groups is 1. The zero-order chi connectivity index (χ0) is 16.1. The van der Waals surface area contributed by atoms with E-state index >= 15 is 4.11 Å². The van der Waals surface area contributed by atoms with Crippen LogP contribution in [0, 0.1) is 0 Å². The predicted molar refractivity (Wildman–Crippen MR) is 93.7 cm³/mol. The summed E-state index contributed by atoms with van der Waals surface area (Å²) in [6.07, 6.45) is 0. The van der Waals surface area contributed by atoms with Crippen molar-refractivity contribution in [1.82, 2.24) is 0 Å². The second kappa shape index (κ2) is 5.18. The normalized spacial score (nSPS) is 13.9. The highest BCUT2D eigenvalue weighted by Gasteiger charge is 2.57. The van der Waals surface area contributed by atoms with Gasteiger partial charge in [0.1, 0.15) is 0 Å². The van der Waals surface area contributed by atoms with Crippen molar-refractivity contribution in [3.8, 4) is 0 Å². The fourth-order valence-electron chi connectivity index (χ4n) is 3.28. The summed E-state index contributed by atoms with van der Waals surface area (Å²) in [6, 6.07) is 7.87. The summed E-state index contributed by atoms with van der Waals surface area (Å²) >= 11 is 1.54. The van der Waals surface area contributed by atoms with Gasteiger partial charge < -0.3 is 9.21 Å². The van der Waals surface area contributed by atoms with E-state index in [0.29, 0.717) is 0 Å². The van der Waals surface area contributed by atoms with Crippen molar-refractivity contribution in [2.45, 2.75) is 58.2 Å². The maximum absolute atomic E-state index is 16.3. The quantitative estimate of drug-likeness (QED) is 0.601. The van der Waals surface area contributed by atoms with Crippen LogP contribution in [-0.2, 0) is 6.61 Å². The number of rotatable bonds is 2. The molecule has 0 spiro atoms. The Labute approximate surface area is 132 Å². The fourth-order valence-corrected chi connectivity index (χ4v) is 11.0. The molecule has 116 valence electrons. The Morgan fingerprint density at radius 1 is 1.10 bits per heavy atom. The van der Waals surface area contributed by atoms with Crippen LogP contribution in [0.3, 0.4) is 0 Å². The molecule has 0 amide bonds. The summed E-state index contributed by atoms with van der Waals surface area (Å²) in [4.78, 5) is 0. The van der Waals surface area contributed by atoms with Gasteiger partial charge in [0.2, 0.25) is 0 Å². The lowest BCUT2D eigenvalue weighted by Crippen LogP contribution is -2.56. The molecule has 0 radical (unpaired) electrons. The van der Waals surface area contributed by atoms with E-state index in [9.17, 15) is 5.11 Å². The van der Waals surface area contributed by atoms with Gasteiger partial charge in [-0.3, -0.25) is 0 Å². The number of benzene rings is 1. The number of hydrogen-bond donors (Lipinski definition) is 1. The SMILES string of the molecule is CC(C)(C)[Si](F)(c1cc2cccc(CO)c2s1)C(C)(C)C. The van der Waals surface area contributed by atoms with Crippen molar-refractivity contribution in [1.29, 1.82) is 0 Å². The van der Waals surface area contributed by atoms with Gasteiger partial charge >= 0.3 is 0 Å². The van der Waals surface area contributed by atoms with Crippen molar-refractivity contribution in [3.63, 3.8) is 0 Å². The zero-order valence-electron chi connectivity index (χ0n) is 13.7. The second-order valence-corrected chi connectivity index (χ2v) is 14.0. The Kier molecular flexibility index (Phi) is 4.11. The van der Waals surface area contributed by atoms with Gasteiger partial charge in [0.05, 0.1) is 6.61 Å². The van der Waals surface area contributed by atoms with Crippen molar-refractivity contribution in [2.75, 3.05) is 0 Å². The van der Waals surface area contributed by atoms with Gasteiger partial charge in [-0.1, -0.05) is 59.7 Å². The average Bonchev–Trinajstić information content (AvgIpc) is 2.78. The first kappa shape index (κ1) is 16.7. The van der Waals surface area contributed by atoms with Gasteiger partial charge in [0.15, 0.2) is 0 Å². The number of aliphatic hydroxyl groups excluding tert-OH is 1. The molecule has 0 aliphatic rings. The topological polar surface area (TPSA) is 20.2 Å². The Morgan fingerprint density at radius 2 is 1.67 bits per heavy atom. The first-order valence-electron chi connectivity index (χ1n) is 7.34. The Hall–Kier alpha value is -0.713. The maximum atomic E-state index is 16.3. The second-order valence-electron chi connectivity index (χ2n) is 7.76. The molecule has 2 aromatic rings. The third-order valence-electron chi connectivity index (χ3n) is 4.20. The zero-order valence-corrected chi connectivity index (χ0v) is 15.6. The molecule has 0 fully saturated rings. The lowest BCUT2D eigenvalue weighted by molar-refractivity contribution is 0.283. The highest BCUT2D eigenvalue weighted by Crippen LogP contribution is 2.52. The van der Waals surface area contributed by atoms with Crippen LogP contribution in [0.25, 0.3) is 10.1 Å². The summed E-state index contributed by atoms with van der Waals surface area (Å²) in [5, 5.41) is 9.80. The molecule has 21 heavy (non-hydrogen) atoms. The molecule has 2 rings (SSSR count). The van der Waals surface area contributed by atoms with E-state index in [1.807, 2.05) is 65.8 Å². The molecule has 0 aliphatic carbocycles. The van der Waals surface area contributed by atoms with E-state index in [2.05, 4.69) is 0 Å². The minimum atomic E-state index is -3.21. The van der Waals surface area contributed by atoms with E-state index in [1.165, 1.54) is 11.3 Å². The molecule has 0 saturated carbocycles. The third-order valence-corrected chi connectivity index (χ3v) is 11.3. The monoisotopic (exact) mass is 324 g/mol. The van der Waals surface area contributed by atoms with Gasteiger partial charge in [-0.2, -0.15) is 0 Å². The number of hydrogen-bond acceptors (Lipinski definition) is 2. The summed E-state index contributed by atoms with van der Waals surface area (Å²) < 4.78 is 18.2. The minimum Gasteiger partial charge on any atom is -0.392 e. The molecule has 4 heteroatoms. The molecule has 0 unspecified atom stereocenters. The Bertz CT molecular complexity index is 635. The predicted octanol–water partition coefficient (Wildman–Crippen LogP) is 5.12. The Balaban J connectivity index is 2.73. The molecule has 1 heterocycles. The summed E-state index contributed by atoms with van der Waals surface area (Å²) in [6.45, 7) is 12.1. The van der Waals surface area contributed by atoms with Gasteiger partial charge in [-0.05, 0) is 27.1 Å². The molecule has 1 aromatic heterocycles.